The number of halogens is 2. The van der Waals surface area contributed by atoms with E-state index in [4.69, 9.17) is 21.4 Å². The van der Waals surface area contributed by atoms with E-state index in [1.165, 1.54) is 48.8 Å². The second-order valence-electron chi connectivity index (χ2n) is 6.35. The van der Waals surface area contributed by atoms with E-state index in [1.807, 2.05) is 0 Å². The Bertz CT molecular complexity index is 1200. The van der Waals surface area contributed by atoms with Gasteiger partial charge in [-0.25, -0.2) is 17.6 Å². The van der Waals surface area contributed by atoms with Crippen molar-refractivity contribution in [2.24, 2.45) is 0 Å². The van der Waals surface area contributed by atoms with Crippen LogP contribution in [0.15, 0.2) is 59.8 Å². The Morgan fingerprint density at radius 2 is 1.97 bits per heavy atom. The fraction of sp³-hybridized carbons (Fsp3) is 0.100. The molecule has 1 heterocycles. The minimum Gasteiger partial charge on any atom is -0.482 e. The second kappa shape index (κ2) is 8.68. The molecule has 1 aromatic heterocycles. The van der Waals surface area contributed by atoms with Crippen LogP contribution in [0.1, 0.15) is 5.56 Å². The lowest BCUT2D eigenvalue weighted by Crippen LogP contribution is -2.15. The number of sulfonamides is 1. The van der Waals surface area contributed by atoms with E-state index in [2.05, 4.69) is 9.71 Å². The number of aryl methyl sites for hydroxylation is 1. The summed E-state index contributed by atoms with van der Waals surface area (Å²) in [5.41, 5.74) is 1.35. The second-order valence-corrected chi connectivity index (χ2v) is 8.47. The van der Waals surface area contributed by atoms with E-state index in [-0.39, 0.29) is 21.4 Å². The summed E-state index contributed by atoms with van der Waals surface area (Å²) in [6.45, 7) is 1.09. The zero-order chi connectivity index (χ0) is 21.9. The fourth-order valence-electron chi connectivity index (χ4n) is 2.68. The lowest BCUT2D eigenvalue weighted by atomic mass is 10.0. The number of ether oxygens (including phenoxy) is 1. The molecule has 156 valence electrons. The normalized spacial score (nSPS) is 11.2. The molecule has 0 aliphatic rings. The number of nitrogens with zero attached hydrogens (tertiary/aromatic N) is 1. The van der Waals surface area contributed by atoms with Gasteiger partial charge in [0.2, 0.25) is 0 Å². The number of pyridine rings is 1. The fourth-order valence-corrected chi connectivity index (χ4v) is 4.02. The van der Waals surface area contributed by atoms with Crippen molar-refractivity contribution in [3.8, 4) is 16.9 Å². The molecule has 2 aromatic carbocycles. The molecule has 0 saturated carbocycles. The standard InChI is InChI=1S/C20H16ClFN2O5S/c1-12-4-17(10-23-9-12)30(27,28)24-19-8-16(29-11-20(25)26)2-3-18(19)13-5-14(21)7-15(22)6-13/h2-10,24H,11H2,1H3,(H,25,26). The summed E-state index contributed by atoms with van der Waals surface area (Å²) >= 11 is 5.94. The van der Waals surface area contributed by atoms with Gasteiger partial charge in [-0.1, -0.05) is 11.6 Å². The maximum absolute atomic E-state index is 13.9. The van der Waals surface area contributed by atoms with E-state index in [0.29, 0.717) is 16.7 Å². The molecule has 0 fully saturated rings. The predicted molar refractivity (Wildman–Crippen MR) is 110 cm³/mol. The molecule has 0 unspecified atom stereocenters. The average molecular weight is 451 g/mol. The number of nitrogens with one attached hydrogen (secondary N) is 1. The minimum absolute atomic E-state index is 0.0565. The molecule has 3 aromatic rings. The van der Waals surface area contributed by atoms with E-state index >= 15 is 0 Å². The number of carboxylic acid groups (broad SMARTS) is 1. The quantitative estimate of drug-likeness (QED) is 0.561. The van der Waals surface area contributed by atoms with Crippen LogP contribution in [0.2, 0.25) is 5.02 Å². The Morgan fingerprint density at radius 3 is 2.63 bits per heavy atom. The minimum atomic E-state index is -4.05. The van der Waals surface area contributed by atoms with E-state index < -0.39 is 28.4 Å². The highest BCUT2D eigenvalue weighted by atomic mass is 35.5. The van der Waals surface area contributed by atoms with Gasteiger partial charge >= 0.3 is 5.97 Å². The smallest absolute Gasteiger partial charge is 0.341 e. The summed E-state index contributed by atoms with van der Waals surface area (Å²) < 4.78 is 47.2. The van der Waals surface area contributed by atoms with E-state index in [9.17, 15) is 17.6 Å². The van der Waals surface area contributed by atoms with Crippen LogP contribution in [0.4, 0.5) is 10.1 Å². The summed E-state index contributed by atoms with van der Waals surface area (Å²) in [6, 6.07) is 9.49. The SMILES string of the molecule is Cc1cncc(S(=O)(=O)Nc2cc(OCC(=O)O)ccc2-c2cc(F)cc(Cl)c2)c1. The lowest BCUT2D eigenvalue weighted by molar-refractivity contribution is -0.139. The van der Waals surface area contributed by atoms with Crippen LogP contribution < -0.4 is 9.46 Å². The average Bonchev–Trinajstić information content (AvgIpc) is 2.65. The molecule has 0 aliphatic heterocycles. The predicted octanol–water partition coefficient (Wildman–Crippen LogP) is 4.11. The van der Waals surface area contributed by atoms with Gasteiger partial charge in [0, 0.05) is 29.0 Å². The van der Waals surface area contributed by atoms with Crippen LogP contribution in [0.3, 0.4) is 0 Å². The number of carbonyl (C=O) groups is 1. The van der Waals surface area contributed by atoms with Gasteiger partial charge in [0.1, 0.15) is 16.5 Å². The van der Waals surface area contributed by atoms with E-state index in [0.717, 1.165) is 6.07 Å². The summed E-state index contributed by atoms with van der Waals surface area (Å²) in [4.78, 5) is 14.6. The molecule has 0 saturated heterocycles. The van der Waals surface area contributed by atoms with Crippen LogP contribution in [0, 0.1) is 12.7 Å². The summed E-state index contributed by atoms with van der Waals surface area (Å²) in [5.74, 6) is -1.67. The van der Waals surface area contributed by atoms with Crippen LogP contribution in [0.25, 0.3) is 11.1 Å². The molecule has 0 aliphatic carbocycles. The van der Waals surface area contributed by atoms with Gasteiger partial charge in [0.05, 0.1) is 5.69 Å². The summed E-state index contributed by atoms with van der Waals surface area (Å²) in [5, 5.41) is 8.93. The number of carboxylic acids is 1. The summed E-state index contributed by atoms with van der Waals surface area (Å²) in [7, 11) is -4.05. The molecule has 0 bridgehead atoms. The maximum Gasteiger partial charge on any atom is 0.341 e. The molecule has 0 amide bonds. The number of rotatable bonds is 7. The molecule has 7 nitrogen and oxygen atoms in total. The molecule has 0 radical (unpaired) electrons. The highest BCUT2D eigenvalue weighted by Crippen LogP contribution is 2.35. The zero-order valence-corrected chi connectivity index (χ0v) is 17.2. The zero-order valence-electron chi connectivity index (χ0n) is 15.6. The molecular weight excluding hydrogens is 435 g/mol. The Kier molecular flexibility index (Phi) is 6.23. The Hall–Kier alpha value is -3.17. The van der Waals surface area contributed by atoms with Crippen molar-refractivity contribution in [1.82, 2.24) is 4.98 Å². The molecule has 0 spiro atoms. The van der Waals surface area contributed by atoms with Crippen molar-refractivity contribution in [2.75, 3.05) is 11.3 Å². The van der Waals surface area contributed by atoms with Crippen molar-refractivity contribution >= 4 is 33.3 Å². The topological polar surface area (TPSA) is 106 Å². The molecule has 3 rings (SSSR count). The molecule has 10 heteroatoms. The first kappa shape index (κ1) is 21.5. The Morgan fingerprint density at radius 1 is 1.20 bits per heavy atom. The number of aliphatic carboxylic acids is 1. The first-order chi connectivity index (χ1) is 14.1. The van der Waals surface area contributed by atoms with Gasteiger partial charge in [-0.2, -0.15) is 0 Å². The number of benzene rings is 2. The van der Waals surface area contributed by atoms with Gasteiger partial charge in [-0.15, -0.1) is 0 Å². The largest absolute Gasteiger partial charge is 0.482 e. The van der Waals surface area contributed by atoms with Gasteiger partial charge in [-0.3, -0.25) is 9.71 Å². The van der Waals surface area contributed by atoms with Crippen molar-refractivity contribution in [3.05, 3.63) is 71.3 Å². The molecular formula is C20H16ClFN2O5S. The van der Waals surface area contributed by atoms with Crippen molar-refractivity contribution in [3.63, 3.8) is 0 Å². The van der Waals surface area contributed by atoms with Crippen LogP contribution in [0.5, 0.6) is 5.75 Å². The lowest BCUT2D eigenvalue weighted by Gasteiger charge is -2.15. The number of hydrogen-bond donors (Lipinski definition) is 2. The number of hydrogen-bond acceptors (Lipinski definition) is 5. The number of aromatic nitrogens is 1. The Labute approximate surface area is 177 Å². The first-order valence-corrected chi connectivity index (χ1v) is 10.4. The maximum atomic E-state index is 13.9. The third-order valence-corrected chi connectivity index (χ3v) is 5.48. The van der Waals surface area contributed by atoms with Crippen molar-refractivity contribution in [1.29, 1.82) is 0 Å². The number of anilines is 1. The van der Waals surface area contributed by atoms with Crippen LogP contribution >= 0.6 is 11.6 Å². The van der Waals surface area contributed by atoms with Crippen LogP contribution in [-0.2, 0) is 14.8 Å². The van der Waals surface area contributed by atoms with Crippen LogP contribution in [-0.4, -0.2) is 31.1 Å². The van der Waals surface area contributed by atoms with Gasteiger partial charge in [-0.05, 0) is 54.4 Å². The molecule has 2 N–H and O–H groups in total. The Balaban J connectivity index is 2.08. The third kappa shape index (κ3) is 5.25. The first-order valence-electron chi connectivity index (χ1n) is 8.53. The van der Waals surface area contributed by atoms with Gasteiger partial charge in [0.25, 0.3) is 10.0 Å². The van der Waals surface area contributed by atoms with E-state index in [1.54, 1.807) is 6.92 Å². The van der Waals surface area contributed by atoms with Gasteiger partial charge in [0.15, 0.2) is 6.61 Å². The third-order valence-electron chi connectivity index (χ3n) is 3.93. The van der Waals surface area contributed by atoms with Crippen molar-refractivity contribution < 1.29 is 27.4 Å². The summed E-state index contributed by atoms with van der Waals surface area (Å²) in [6.07, 6.45) is 2.71. The highest BCUT2D eigenvalue weighted by molar-refractivity contribution is 7.92. The monoisotopic (exact) mass is 450 g/mol. The van der Waals surface area contributed by atoms with Gasteiger partial charge < -0.3 is 9.84 Å². The van der Waals surface area contributed by atoms with Crippen molar-refractivity contribution in [2.45, 2.75) is 11.8 Å². The highest BCUT2D eigenvalue weighted by Gasteiger charge is 2.19. The molecule has 0 atom stereocenters. The molecule has 30 heavy (non-hydrogen) atoms.